The molecular formula is C32H36ClF3N4O. The minimum atomic E-state index is -4.72. The minimum Gasteiger partial charge on any atom is -0.406 e. The second-order valence-corrected chi connectivity index (χ2v) is 11.5. The van der Waals surface area contributed by atoms with Crippen LogP contribution in [0.1, 0.15) is 31.4 Å². The summed E-state index contributed by atoms with van der Waals surface area (Å²) in [6.45, 7) is 10.4. The van der Waals surface area contributed by atoms with E-state index in [1.54, 1.807) is 12.1 Å². The lowest BCUT2D eigenvalue weighted by atomic mass is 9.91. The molecule has 1 aliphatic heterocycles. The van der Waals surface area contributed by atoms with Gasteiger partial charge in [-0.3, -0.25) is 9.80 Å². The van der Waals surface area contributed by atoms with Crippen LogP contribution in [0.15, 0.2) is 72.9 Å². The molecular weight excluding hydrogens is 549 g/mol. The van der Waals surface area contributed by atoms with Crippen molar-refractivity contribution >= 4 is 22.5 Å². The number of hydrogen-bond acceptors (Lipinski definition) is 4. The van der Waals surface area contributed by atoms with Gasteiger partial charge in [0.15, 0.2) is 0 Å². The first-order valence-corrected chi connectivity index (χ1v) is 14.3. The van der Waals surface area contributed by atoms with E-state index in [-0.39, 0.29) is 11.3 Å². The molecule has 3 aromatic carbocycles. The fourth-order valence-corrected chi connectivity index (χ4v) is 6.17. The van der Waals surface area contributed by atoms with Gasteiger partial charge in [-0.1, -0.05) is 48.0 Å². The van der Waals surface area contributed by atoms with Crippen molar-refractivity contribution < 1.29 is 17.9 Å². The maximum atomic E-state index is 12.7. The van der Waals surface area contributed by atoms with E-state index in [4.69, 9.17) is 17.3 Å². The molecule has 218 valence electrons. The maximum absolute atomic E-state index is 12.7. The Morgan fingerprint density at radius 3 is 2.29 bits per heavy atom. The quantitative estimate of drug-likeness (QED) is 0.225. The van der Waals surface area contributed by atoms with E-state index in [2.05, 4.69) is 63.4 Å². The van der Waals surface area contributed by atoms with Crippen molar-refractivity contribution in [2.45, 2.75) is 45.3 Å². The van der Waals surface area contributed by atoms with Crippen LogP contribution in [0.4, 0.5) is 13.2 Å². The summed E-state index contributed by atoms with van der Waals surface area (Å²) in [4.78, 5) is 4.96. The van der Waals surface area contributed by atoms with Gasteiger partial charge in [0.2, 0.25) is 0 Å². The topological polar surface area (TPSA) is 46.7 Å². The molecule has 2 heterocycles. The normalized spacial score (nSPS) is 15.5. The molecule has 0 unspecified atom stereocenters. The number of benzene rings is 3. The summed E-state index contributed by atoms with van der Waals surface area (Å²) in [6.07, 6.45) is -1.82. The van der Waals surface area contributed by atoms with Crippen LogP contribution in [0.3, 0.4) is 0 Å². The third-order valence-corrected chi connectivity index (χ3v) is 8.38. The molecule has 0 radical (unpaired) electrons. The molecule has 0 aliphatic carbocycles. The van der Waals surface area contributed by atoms with E-state index in [9.17, 15) is 13.2 Å². The molecule has 1 aliphatic rings. The fraction of sp³-hybridized carbons (Fsp3) is 0.375. The van der Waals surface area contributed by atoms with E-state index in [0.29, 0.717) is 6.54 Å². The average Bonchev–Trinajstić information content (AvgIpc) is 3.29. The molecule has 5 rings (SSSR count). The average molecular weight is 585 g/mol. The molecule has 5 nitrogen and oxygen atoms in total. The van der Waals surface area contributed by atoms with Crippen molar-refractivity contribution in [1.82, 2.24) is 14.4 Å². The summed E-state index contributed by atoms with van der Waals surface area (Å²) in [6, 6.07) is 20.7. The van der Waals surface area contributed by atoms with Crippen LogP contribution < -0.4 is 10.5 Å². The zero-order valence-corrected chi connectivity index (χ0v) is 24.2. The van der Waals surface area contributed by atoms with Gasteiger partial charge < -0.3 is 15.0 Å². The van der Waals surface area contributed by atoms with Crippen molar-refractivity contribution in [3.05, 3.63) is 89.1 Å². The molecule has 1 saturated heterocycles. The Morgan fingerprint density at radius 2 is 1.63 bits per heavy atom. The number of aryl methyl sites for hydroxylation is 1. The highest BCUT2D eigenvalue weighted by Crippen LogP contribution is 2.35. The van der Waals surface area contributed by atoms with Crippen LogP contribution in [-0.4, -0.2) is 53.5 Å². The van der Waals surface area contributed by atoms with Gasteiger partial charge in [0, 0.05) is 72.5 Å². The summed E-state index contributed by atoms with van der Waals surface area (Å²) in [7, 11) is 0. The Balaban J connectivity index is 1.34. The van der Waals surface area contributed by atoms with Crippen molar-refractivity contribution in [2.24, 2.45) is 5.73 Å². The Bertz CT molecular complexity index is 1470. The number of fused-ring (bicyclic) bond motifs is 1. The summed E-state index contributed by atoms with van der Waals surface area (Å²) < 4.78 is 44.2. The van der Waals surface area contributed by atoms with Crippen LogP contribution in [0.25, 0.3) is 22.0 Å². The van der Waals surface area contributed by atoms with E-state index in [1.165, 1.54) is 17.7 Å². The van der Waals surface area contributed by atoms with Crippen LogP contribution in [0.5, 0.6) is 5.75 Å². The minimum absolute atomic E-state index is 0.161. The summed E-state index contributed by atoms with van der Waals surface area (Å²) >= 11 is 6.54. The highest BCUT2D eigenvalue weighted by atomic mass is 35.5. The number of rotatable bonds is 9. The maximum Gasteiger partial charge on any atom is 0.573 e. The third kappa shape index (κ3) is 6.72. The van der Waals surface area contributed by atoms with Crippen molar-refractivity contribution in [2.75, 3.05) is 32.7 Å². The second-order valence-electron chi connectivity index (χ2n) is 11.1. The van der Waals surface area contributed by atoms with Crippen LogP contribution >= 0.6 is 11.6 Å². The Labute approximate surface area is 244 Å². The number of aromatic nitrogens is 1. The molecule has 0 spiro atoms. The Kier molecular flexibility index (Phi) is 8.66. The molecule has 1 aromatic heterocycles. The van der Waals surface area contributed by atoms with Crippen molar-refractivity contribution in [3.63, 3.8) is 0 Å². The highest BCUT2D eigenvalue weighted by Gasteiger charge is 2.33. The fourth-order valence-electron chi connectivity index (χ4n) is 5.81. The molecule has 41 heavy (non-hydrogen) atoms. The lowest BCUT2D eigenvalue weighted by Gasteiger charge is -2.44. The molecule has 0 saturated carbocycles. The Morgan fingerprint density at radius 1 is 0.927 bits per heavy atom. The Hall–Kier alpha value is -3.04. The molecule has 9 heteroatoms. The predicted octanol–water partition coefficient (Wildman–Crippen LogP) is 7.26. The van der Waals surface area contributed by atoms with Crippen LogP contribution in [-0.2, 0) is 18.6 Å². The van der Waals surface area contributed by atoms with Gasteiger partial charge >= 0.3 is 6.36 Å². The molecule has 2 N–H and O–H groups in total. The number of nitrogens with two attached hydrogens (primary N) is 1. The van der Waals surface area contributed by atoms with E-state index in [1.807, 2.05) is 18.2 Å². The predicted molar refractivity (Wildman–Crippen MR) is 159 cm³/mol. The summed E-state index contributed by atoms with van der Waals surface area (Å²) in [5.41, 5.74) is 10.9. The van der Waals surface area contributed by atoms with Gasteiger partial charge in [0.25, 0.3) is 0 Å². The lowest BCUT2D eigenvalue weighted by Crippen LogP contribution is -2.53. The summed E-state index contributed by atoms with van der Waals surface area (Å²) in [5.74, 6) is -0.231. The van der Waals surface area contributed by atoms with Gasteiger partial charge in [0.05, 0.1) is 0 Å². The standard InChI is InChI=1S/C32H36ClF3N4O/c1-31(2,28-6-3-4-7-29(28)33)40-18-16-38(17-19-40)21-23-8-13-30-26(20-23)27(22-39(30)15-5-14-37)24-9-11-25(12-10-24)41-32(34,35)36/h3-4,6-13,20,22H,5,14-19,21,37H2,1-2H3. The molecule has 0 amide bonds. The van der Waals surface area contributed by atoms with E-state index < -0.39 is 6.36 Å². The number of ether oxygens (including phenoxy) is 1. The SMILES string of the molecule is CC(C)(c1ccccc1Cl)N1CCN(Cc2ccc3c(c2)c(-c2ccc(OC(F)(F)F)cc2)cn3CCCN)CC1. The first-order valence-electron chi connectivity index (χ1n) is 14.0. The highest BCUT2D eigenvalue weighted by molar-refractivity contribution is 6.31. The molecule has 0 bridgehead atoms. The smallest absolute Gasteiger partial charge is 0.406 e. The first kappa shape index (κ1) is 29.5. The number of hydrogen-bond donors (Lipinski definition) is 1. The number of halogens is 4. The van der Waals surface area contributed by atoms with Gasteiger partial charge in [-0.2, -0.15) is 0 Å². The molecule has 1 fully saturated rings. The zero-order valence-electron chi connectivity index (χ0n) is 23.4. The molecule has 4 aromatic rings. The largest absolute Gasteiger partial charge is 0.573 e. The van der Waals surface area contributed by atoms with Crippen LogP contribution in [0.2, 0.25) is 5.02 Å². The van der Waals surface area contributed by atoms with Crippen LogP contribution in [0, 0.1) is 0 Å². The van der Waals surface area contributed by atoms with E-state index >= 15 is 0 Å². The number of piperazine rings is 1. The van der Waals surface area contributed by atoms with Gasteiger partial charge in [0.1, 0.15) is 5.75 Å². The van der Waals surface area contributed by atoms with Gasteiger partial charge in [-0.25, -0.2) is 0 Å². The second kappa shape index (κ2) is 12.1. The van der Waals surface area contributed by atoms with Gasteiger partial charge in [-0.05, 0) is 73.8 Å². The number of alkyl halides is 3. The number of nitrogens with zero attached hydrogens (tertiary/aromatic N) is 3. The molecule has 0 atom stereocenters. The summed E-state index contributed by atoms with van der Waals surface area (Å²) in [5, 5.41) is 1.87. The van der Waals surface area contributed by atoms with E-state index in [0.717, 1.165) is 78.3 Å². The van der Waals surface area contributed by atoms with Crippen molar-refractivity contribution in [3.8, 4) is 16.9 Å². The third-order valence-electron chi connectivity index (χ3n) is 8.05. The zero-order chi connectivity index (χ0) is 29.2. The first-order chi connectivity index (χ1) is 19.5. The lowest BCUT2D eigenvalue weighted by molar-refractivity contribution is -0.274. The van der Waals surface area contributed by atoms with Gasteiger partial charge in [-0.15, -0.1) is 13.2 Å². The monoisotopic (exact) mass is 584 g/mol. The van der Waals surface area contributed by atoms with Crippen molar-refractivity contribution in [1.29, 1.82) is 0 Å².